The van der Waals surface area contributed by atoms with Crippen LogP contribution in [0.25, 0.3) is 11.2 Å². The predicted octanol–water partition coefficient (Wildman–Crippen LogP) is -0.300. The molecule has 14 heteroatoms. The summed E-state index contributed by atoms with van der Waals surface area (Å²) < 4.78 is 39.5. The summed E-state index contributed by atoms with van der Waals surface area (Å²) in [4.78, 5) is 11.8. The lowest BCUT2D eigenvalue weighted by molar-refractivity contribution is -0.0483. The van der Waals surface area contributed by atoms with E-state index in [4.69, 9.17) is 31.0 Å². The van der Waals surface area contributed by atoms with E-state index >= 15 is 0 Å². The Balaban J connectivity index is 0.000000537. The number of nitrogens with zero attached hydrogens (tertiary/aromatic N) is 4. The van der Waals surface area contributed by atoms with Crippen molar-refractivity contribution in [3.8, 4) is 0 Å². The molecule has 0 aromatic carbocycles. The number of ether oxygens (including phenoxy) is 2. The molecule has 1 fully saturated rings. The quantitative estimate of drug-likeness (QED) is 0.387. The highest BCUT2D eigenvalue weighted by atomic mass is 35.5. The Morgan fingerprint density at radius 2 is 2.00 bits per heavy atom. The van der Waals surface area contributed by atoms with Gasteiger partial charge in [-0.15, -0.1) is 0 Å². The molecule has 4 unspecified atom stereocenters. The van der Waals surface area contributed by atoms with E-state index < -0.39 is 41.3 Å². The van der Waals surface area contributed by atoms with Crippen molar-refractivity contribution in [3.05, 3.63) is 11.5 Å². The number of nitrogen functional groups attached to an aromatic ring is 1. The molecule has 3 heterocycles. The maximum absolute atomic E-state index is 11.5. The minimum atomic E-state index is -3.90. The molecule has 12 nitrogen and oxygen atoms in total. The van der Waals surface area contributed by atoms with Crippen molar-refractivity contribution in [2.24, 2.45) is 0 Å². The number of hydrogen-bond acceptors (Lipinski definition) is 11. The van der Waals surface area contributed by atoms with Gasteiger partial charge in [0.1, 0.15) is 17.7 Å². The molecular weight excluding hydrogens is 430 g/mol. The van der Waals surface area contributed by atoms with E-state index in [1.807, 2.05) is 13.8 Å². The van der Waals surface area contributed by atoms with Gasteiger partial charge >= 0.3 is 0 Å². The van der Waals surface area contributed by atoms with Crippen molar-refractivity contribution in [2.75, 3.05) is 31.8 Å². The minimum absolute atomic E-state index is 0.00841. The number of aliphatic hydroxyl groups excluding tert-OH is 2. The van der Waals surface area contributed by atoms with E-state index in [1.54, 1.807) is 0 Å². The normalized spacial score (nSPS) is 24.5. The van der Waals surface area contributed by atoms with Gasteiger partial charge in [0.15, 0.2) is 23.1 Å². The summed E-state index contributed by atoms with van der Waals surface area (Å²) in [5.74, 6) is -0.118. The van der Waals surface area contributed by atoms with Gasteiger partial charge in [0.25, 0.3) is 10.1 Å². The first-order valence-electron chi connectivity index (χ1n) is 8.68. The maximum atomic E-state index is 11.5. The monoisotopic (exact) mass is 453 g/mol. The minimum Gasteiger partial charge on any atom is -0.394 e. The Labute approximate surface area is 172 Å². The van der Waals surface area contributed by atoms with Crippen LogP contribution in [0.1, 0.15) is 20.1 Å². The lowest BCUT2D eigenvalue weighted by Crippen LogP contribution is -2.36. The number of anilines is 1. The number of hydrogen-bond donors (Lipinski definition) is 3. The molecule has 4 N–H and O–H groups in total. The highest BCUT2D eigenvalue weighted by Crippen LogP contribution is 2.35. The molecule has 0 aliphatic carbocycles. The molecule has 1 saturated heterocycles. The lowest BCUT2D eigenvalue weighted by atomic mass is 10.1. The van der Waals surface area contributed by atoms with E-state index in [2.05, 4.69) is 15.0 Å². The molecule has 0 amide bonds. The van der Waals surface area contributed by atoms with Crippen LogP contribution >= 0.6 is 11.6 Å². The fourth-order valence-corrected chi connectivity index (χ4v) is 3.52. The second-order valence-corrected chi connectivity index (χ2v) is 7.94. The topological polar surface area (TPSA) is 172 Å². The molecule has 2 aromatic rings. The summed E-state index contributed by atoms with van der Waals surface area (Å²) in [5, 5.41) is 19.5. The third kappa shape index (κ3) is 5.72. The Bertz CT molecular complexity index is 923. The Morgan fingerprint density at radius 3 is 2.52 bits per heavy atom. The van der Waals surface area contributed by atoms with Crippen molar-refractivity contribution in [1.82, 2.24) is 19.5 Å². The summed E-state index contributed by atoms with van der Waals surface area (Å²) >= 11 is 5.95. The van der Waals surface area contributed by atoms with Crippen molar-refractivity contribution in [1.29, 1.82) is 0 Å². The van der Waals surface area contributed by atoms with Gasteiger partial charge in [-0.05, 0) is 13.8 Å². The van der Waals surface area contributed by atoms with Crippen molar-refractivity contribution >= 4 is 38.8 Å². The van der Waals surface area contributed by atoms with E-state index in [0.717, 1.165) is 19.5 Å². The first kappa shape index (κ1) is 23.7. The zero-order valence-corrected chi connectivity index (χ0v) is 17.7. The van der Waals surface area contributed by atoms with Gasteiger partial charge in [-0.3, -0.25) is 8.75 Å². The van der Waals surface area contributed by atoms with E-state index in [9.17, 15) is 18.6 Å². The van der Waals surface area contributed by atoms with Gasteiger partial charge < -0.3 is 25.4 Å². The molecular formula is C15H24ClN5O7S. The third-order valence-electron chi connectivity index (χ3n) is 3.86. The molecule has 0 bridgehead atoms. The number of aliphatic hydroxyl groups is 2. The van der Waals surface area contributed by atoms with Gasteiger partial charge in [-0.2, -0.15) is 18.4 Å². The van der Waals surface area contributed by atoms with Crippen molar-refractivity contribution < 1.29 is 32.3 Å². The lowest BCUT2D eigenvalue weighted by Gasteiger charge is -2.20. The summed E-state index contributed by atoms with van der Waals surface area (Å²) in [6, 6.07) is 0. The Hall–Kier alpha value is -1.61. The molecule has 3 rings (SSSR count). The van der Waals surface area contributed by atoms with Crippen molar-refractivity contribution in [3.63, 3.8) is 0 Å². The number of halogens is 1. The smallest absolute Gasteiger partial charge is 0.264 e. The van der Waals surface area contributed by atoms with Crippen LogP contribution in [0.15, 0.2) is 6.33 Å². The molecule has 1 aliphatic rings. The van der Waals surface area contributed by atoms with Crippen molar-refractivity contribution in [2.45, 2.75) is 38.4 Å². The van der Waals surface area contributed by atoms with Gasteiger partial charge in [0.05, 0.1) is 19.2 Å². The summed E-state index contributed by atoms with van der Waals surface area (Å²) in [6.07, 6.45) is -2.76. The van der Waals surface area contributed by atoms with Gasteiger partial charge in [0, 0.05) is 13.2 Å². The van der Waals surface area contributed by atoms with Crippen LogP contribution in [-0.4, -0.2) is 82.5 Å². The Kier molecular flexibility index (Phi) is 8.10. The second kappa shape index (κ2) is 9.93. The first-order valence-corrected chi connectivity index (χ1v) is 10.9. The third-order valence-corrected chi connectivity index (χ3v) is 4.69. The van der Waals surface area contributed by atoms with E-state index in [0.29, 0.717) is 0 Å². The van der Waals surface area contributed by atoms with Crippen LogP contribution in [0.3, 0.4) is 0 Å². The molecule has 1 aliphatic heterocycles. The molecule has 2 aromatic heterocycles. The Morgan fingerprint density at radius 1 is 1.34 bits per heavy atom. The highest BCUT2D eigenvalue weighted by Gasteiger charge is 2.47. The second-order valence-electron chi connectivity index (χ2n) is 5.98. The molecule has 0 saturated carbocycles. The number of fused-ring (bicyclic) bond motifs is 1. The van der Waals surface area contributed by atoms with Crippen LogP contribution in [0.5, 0.6) is 0 Å². The summed E-state index contributed by atoms with van der Waals surface area (Å²) in [7, 11) is -3.90. The van der Waals surface area contributed by atoms with Gasteiger partial charge in [-0.25, -0.2) is 4.98 Å². The molecule has 29 heavy (non-hydrogen) atoms. The number of aromatic nitrogens is 4. The van der Waals surface area contributed by atoms with Crippen LogP contribution in [0, 0.1) is 0 Å². The van der Waals surface area contributed by atoms with Gasteiger partial charge in [-0.1, -0.05) is 11.6 Å². The summed E-state index contributed by atoms with van der Waals surface area (Å²) in [6.45, 7) is 5.13. The SMILES string of the molecule is CCOCC.CS(=O)(=O)OC1C(O)C(CO)OC1n1cnc2c(Cl)nc(N)nc21. The summed E-state index contributed by atoms with van der Waals surface area (Å²) in [5.41, 5.74) is 5.95. The molecule has 0 spiro atoms. The number of nitrogens with two attached hydrogens (primary N) is 1. The standard InChI is InChI=1S/C11H14ClN5O6S.C4H10O/c1-24(20,21)23-7-6(19)4(2-18)22-10(7)17-3-14-5-8(12)15-11(13)16-9(5)17;1-3-5-4-2/h3-4,6-7,10,18-19H,2H2,1H3,(H2,13,15,16);3-4H2,1-2H3. The molecule has 0 radical (unpaired) electrons. The fourth-order valence-electron chi connectivity index (χ4n) is 2.69. The molecule has 164 valence electrons. The van der Waals surface area contributed by atoms with Gasteiger partial charge in [0.2, 0.25) is 5.95 Å². The maximum Gasteiger partial charge on any atom is 0.264 e. The van der Waals surface area contributed by atoms with E-state index in [-0.39, 0.29) is 22.3 Å². The predicted molar refractivity (Wildman–Crippen MR) is 104 cm³/mol. The average Bonchev–Trinajstić information content (AvgIpc) is 3.17. The highest BCUT2D eigenvalue weighted by molar-refractivity contribution is 7.86. The number of rotatable bonds is 6. The zero-order valence-electron chi connectivity index (χ0n) is 16.1. The first-order chi connectivity index (χ1) is 13.6. The average molecular weight is 454 g/mol. The van der Waals surface area contributed by atoms with Crippen LogP contribution in [0.4, 0.5) is 5.95 Å². The van der Waals surface area contributed by atoms with Crippen LogP contribution < -0.4 is 5.73 Å². The fraction of sp³-hybridized carbons (Fsp3) is 0.667. The zero-order chi connectivity index (χ0) is 21.8. The van der Waals surface area contributed by atoms with Crippen LogP contribution in [-0.2, 0) is 23.8 Å². The van der Waals surface area contributed by atoms with E-state index in [1.165, 1.54) is 10.9 Å². The largest absolute Gasteiger partial charge is 0.394 e. The van der Waals surface area contributed by atoms with Crippen LogP contribution in [0.2, 0.25) is 5.15 Å². The molecule has 4 atom stereocenters. The number of imidazole rings is 1.